The van der Waals surface area contributed by atoms with Crippen molar-refractivity contribution in [1.29, 1.82) is 0 Å². The van der Waals surface area contributed by atoms with E-state index in [1.165, 1.54) is 64.1 Å². The van der Waals surface area contributed by atoms with Crippen molar-refractivity contribution >= 4 is 54.3 Å². The molecule has 8 rings (SSSR count). The van der Waals surface area contributed by atoms with Crippen molar-refractivity contribution in [2.24, 2.45) is 0 Å². The van der Waals surface area contributed by atoms with Gasteiger partial charge in [-0.1, -0.05) is 103 Å². The fraction of sp³-hybridized carbons (Fsp3) is 0.217. The number of alkyl halides is 3. The second kappa shape index (κ2) is 20.7. The van der Waals surface area contributed by atoms with E-state index in [9.17, 15) is 30.0 Å². The lowest BCUT2D eigenvalue weighted by Crippen LogP contribution is -2.27. The normalized spacial score (nSPS) is 13.5. The Morgan fingerprint density at radius 3 is 1.79 bits per heavy atom. The van der Waals surface area contributed by atoms with Gasteiger partial charge in [-0.05, 0) is 79.8 Å². The van der Waals surface area contributed by atoms with Crippen molar-refractivity contribution in [3.63, 3.8) is 0 Å². The van der Waals surface area contributed by atoms with Gasteiger partial charge in [0.1, 0.15) is 21.6 Å². The van der Waals surface area contributed by atoms with Gasteiger partial charge in [-0.15, -0.1) is 12.4 Å². The number of hydrogen-bond acceptors (Lipinski definition) is 7. The van der Waals surface area contributed by atoms with E-state index in [-0.39, 0.29) is 29.3 Å². The van der Waals surface area contributed by atoms with E-state index in [1.807, 2.05) is 37.4 Å². The van der Waals surface area contributed by atoms with Gasteiger partial charge in [0, 0.05) is 59.8 Å². The average Bonchev–Trinajstić information content (AvgIpc) is 3.54. The Labute approximate surface area is 365 Å². The maximum absolute atomic E-state index is 12.6. The minimum Gasteiger partial charge on any atom is -0.486 e. The molecule has 1 aliphatic rings. The summed E-state index contributed by atoms with van der Waals surface area (Å²) < 4.78 is 109. The first-order valence-electron chi connectivity index (χ1n) is 19.4. The van der Waals surface area contributed by atoms with E-state index in [2.05, 4.69) is 76.4 Å². The highest BCUT2D eigenvalue weighted by Gasteiger charge is 2.30. The van der Waals surface area contributed by atoms with Gasteiger partial charge in [0.15, 0.2) is 0 Å². The molecule has 0 bridgehead atoms. The molecule has 10 nitrogen and oxygen atoms in total. The van der Waals surface area contributed by atoms with Gasteiger partial charge in [-0.25, -0.2) is 0 Å². The molecule has 62 heavy (non-hydrogen) atoms. The zero-order chi connectivity index (χ0) is 43.8. The summed E-state index contributed by atoms with van der Waals surface area (Å²) in [6.45, 7) is 3.94. The molecule has 1 unspecified atom stereocenters. The molecule has 0 spiro atoms. The first-order chi connectivity index (χ1) is 29.0. The molecular weight excluding hydrogens is 863 g/mol. The molecule has 1 aliphatic heterocycles. The molecule has 6 aromatic carbocycles. The number of hydrogen-bond donors (Lipinski definition) is 3. The Balaban J connectivity index is 0.000000175. The highest BCUT2D eigenvalue weighted by Crippen LogP contribution is 2.33. The summed E-state index contributed by atoms with van der Waals surface area (Å²) in [7, 11) is -4.87. The second-order valence-electron chi connectivity index (χ2n) is 14.5. The van der Waals surface area contributed by atoms with Gasteiger partial charge in [-0.3, -0.25) is 9.11 Å². The topological polar surface area (TPSA) is 138 Å². The lowest BCUT2D eigenvalue weighted by atomic mass is 10.1. The Kier molecular flexibility index (Phi) is 16.0. The lowest BCUT2D eigenvalue weighted by molar-refractivity contribution is -0.137. The summed E-state index contributed by atoms with van der Waals surface area (Å²) in [5.74, 6) is 0.429. The van der Waals surface area contributed by atoms with E-state index < -0.39 is 41.8 Å². The predicted molar refractivity (Wildman–Crippen MR) is 238 cm³/mol. The van der Waals surface area contributed by atoms with Crippen molar-refractivity contribution in [3.8, 4) is 5.75 Å². The molecule has 0 fully saturated rings. The van der Waals surface area contributed by atoms with Crippen molar-refractivity contribution in [2.45, 2.75) is 48.0 Å². The molecule has 0 saturated carbocycles. The fourth-order valence-corrected chi connectivity index (χ4v) is 8.72. The van der Waals surface area contributed by atoms with Crippen LogP contribution in [0.5, 0.6) is 5.75 Å². The third-order valence-electron chi connectivity index (χ3n) is 10.2. The van der Waals surface area contributed by atoms with E-state index in [0.29, 0.717) is 5.75 Å². The SMILES string of the molecule is CN1CCc2c(c3ccccc3n2Cc2ccccc2)C1.CNCCC(Oc1ccc(C(F)(F)F)cc1)c1ccccc1.Cl.O=S(=O)(O)c1cccc2c(S(=O)(=O)O)cccc12. The number of ether oxygens (including phenoxy) is 1. The van der Waals surface area contributed by atoms with Crippen LogP contribution in [0, 0.1) is 0 Å². The minimum atomic E-state index is -4.47. The van der Waals surface area contributed by atoms with Gasteiger partial charge in [0.2, 0.25) is 0 Å². The average molecular weight is 910 g/mol. The fourth-order valence-electron chi connectivity index (χ4n) is 7.31. The van der Waals surface area contributed by atoms with Gasteiger partial charge < -0.3 is 19.5 Å². The van der Waals surface area contributed by atoms with Crippen LogP contribution in [0.1, 0.15) is 40.5 Å². The first kappa shape index (κ1) is 47.8. The van der Waals surface area contributed by atoms with Crippen LogP contribution >= 0.6 is 12.4 Å². The summed E-state index contributed by atoms with van der Waals surface area (Å²) in [6.07, 6.45) is -2.66. The number of likely N-dealkylation sites (N-methyl/N-ethyl adjacent to an activating group) is 1. The van der Waals surface area contributed by atoms with Crippen LogP contribution < -0.4 is 10.1 Å². The number of aromatic nitrogens is 1. The molecule has 0 aliphatic carbocycles. The summed E-state index contributed by atoms with van der Waals surface area (Å²) in [6, 6.07) is 41.6. The monoisotopic (exact) mass is 909 g/mol. The molecule has 0 saturated heterocycles. The molecule has 2 heterocycles. The Morgan fingerprint density at radius 2 is 1.24 bits per heavy atom. The molecule has 0 radical (unpaired) electrons. The van der Waals surface area contributed by atoms with Crippen LogP contribution in [0.15, 0.2) is 155 Å². The zero-order valence-electron chi connectivity index (χ0n) is 33.9. The molecular formula is C46H47ClF3N3O7S2. The molecule has 328 valence electrons. The Morgan fingerprint density at radius 1 is 0.710 bits per heavy atom. The largest absolute Gasteiger partial charge is 0.486 e. The molecule has 7 aromatic rings. The summed E-state index contributed by atoms with van der Waals surface area (Å²) >= 11 is 0. The van der Waals surface area contributed by atoms with E-state index in [1.54, 1.807) is 0 Å². The zero-order valence-corrected chi connectivity index (χ0v) is 36.3. The minimum absolute atomic E-state index is 0. The second-order valence-corrected chi connectivity index (χ2v) is 17.3. The maximum atomic E-state index is 12.6. The standard InChI is InChI=1S/C19H20N2.C17H18F3NO.C10H8O6S2.ClH/c1-20-12-11-19-17(14-20)16-9-5-6-10-18(16)21(19)13-15-7-3-2-4-8-15;1-21-12-11-16(13-5-3-2-4-6-13)22-15-9-7-14(8-10-15)17(18,19)20;11-17(12,13)9-5-1-3-7-8(9)4-2-6-10(7)18(14,15)16;/h2-10H,11-14H2,1H3;2-10,16,21H,11-12H2,1H3;1-6H,(H,11,12,13)(H,14,15,16);1H. The third kappa shape index (κ3) is 12.0. The number of para-hydroxylation sites is 1. The van der Waals surface area contributed by atoms with Crippen LogP contribution in [0.25, 0.3) is 21.7 Å². The van der Waals surface area contributed by atoms with Crippen molar-refractivity contribution < 1.29 is 43.8 Å². The van der Waals surface area contributed by atoms with E-state index in [4.69, 9.17) is 13.8 Å². The van der Waals surface area contributed by atoms with Crippen molar-refractivity contribution in [1.82, 2.24) is 14.8 Å². The highest BCUT2D eigenvalue weighted by molar-refractivity contribution is 7.86. The first-order valence-corrected chi connectivity index (χ1v) is 22.2. The van der Waals surface area contributed by atoms with Gasteiger partial charge in [0.25, 0.3) is 20.2 Å². The maximum Gasteiger partial charge on any atom is 0.416 e. The molecule has 0 amide bonds. The number of rotatable bonds is 10. The summed E-state index contributed by atoms with van der Waals surface area (Å²) in [5.41, 5.74) is 6.12. The van der Waals surface area contributed by atoms with Crippen LogP contribution in [-0.2, 0) is 45.9 Å². The van der Waals surface area contributed by atoms with Crippen molar-refractivity contribution in [2.75, 3.05) is 27.2 Å². The third-order valence-corrected chi connectivity index (χ3v) is 12.0. The van der Waals surface area contributed by atoms with E-state index in [0.717, 1.165) is 68.8 Å². The quantitative estimate of drug-likeness (QED) is 0.115. The molecule has 1 atom stereocenters. The van der Waals surface area contributed by atoms with Crippen LogP contribution in [0.4, 0.5) is 13.2 Å². The number of halogens is 4. The number of benzene rings is 6. The van der Waals surface area contributed by atoms with Crippen LogP contribution in [-0.4, -0.2) is 62.6 Å². The van der Waals surface area contributed by atoms with Crippen LogP contribution in [0.2, 0.25) is 0 Å². The summed E-state index contributed by atoms with van der Waals surface area (Å²) in [4.78, 5) is 1.60. The number of nitrogens with zero attached hydrogens (tertiary/aromatic N) is 2. The molecule has 16 heteroatoms. The number of nitrogens with one attached hydrogen (secondary N) is 1. The van der Waals surface area contributed by atoms with Crippen LogP contribution in [0.3, 0.4) is 0 Å². The van der Waals surface area contributed by atoms with Gasteiger partial charge in [0.05, 0.1) is 5.56 Å². The van der Waals surface area contributed by atoms with Gasteiger partial charge in [-0.2, -0.15) is 30.0 Å². The smallest absolute Gasteiger partial charge is 0.416 e. The molecule has 3 N–H and O–H groups in total. The molecule has 1 aromatic heterocycles. The predicted octanol–water partition coefficient (Wildman–Crippen LogP) is 9.87. The Bertz CT molecular complexity index is 2720. The van der Waals surface area contributed by atoms with Gasteiger partial charge >= 0.3 is 6.18 Å². The summed E-state index contributed by atoms with van der Waals surface area (Å²) in [5, 5.41) is 4.53. The lowest BCUT2D eigenvalue weighted by Gasteiger charge is -2.24. The van der Waals surface area contributed by atoms with Crippen molar-refractivity contribution in [3.05, 3.63) is 174 Å². The van der Waals surface area contributed by atoms with E-state index >= 15 is 0 Å². The highest BCUT2D eigenvalue weighted by atomic mass is 35.5. The number of fused-ring (bicyclic) bond motifs is 4. The Hall–Kier alpha value is -5.26.